The van der Waals surface area contributed by atoms with Gasteiger partial charge < -0.3 is 10.1 Å². The molecule has 2 aliphatic rings. The van der Waals surface area contributed by atoms with Gasteiger partial charge in [0, 0.05) is 6.42 Å². The molecule has 0 saturated carbocycles. The monoisotopic (exact) mass is 344 g/mol. The number of unbranched alkanes of at least 4 members (excludes halogenated alkanes) is 6. The summed E-state index contributed by atoms with van der Waals surface area (Å²) in [5, 5.41) is 5.32. The molecule has 5 nitrogen and oxygen atoms in total. The Morgan fingerprint density at radius 3 is 2.56 bits per heavy atom. The SMILES string of the molecule is CCCCCCCCCC1(c2ccc3c(c2)CCO3)NC(=O)NC1=O. The second-order valence-corrected chi connectivity index (χ2v) is 7.11. The molecule has 1 aromatic carbocycles. The van der Waals surface area contributed by atoms with Gasteiger partial charge in [0.05, 0.1) is 6.61 Å². The van der Waals surface area contributed by atoms with Crippen molar-refractivity contribution < 1.29 is 14.3 Å². The zero-order valence-electron chi connectivity index (χ0n) is 15.0. The fraction of sp³-hybridized carbons (Fsp3) is 0.600. The van der Waals surface area contributed by atoms with Crippen molar-refractivity contribution in [3.8, 4) is 5.75 Å². The molecule has 3 rings (SSSR count). The van der Waals surface area contributed by atoms with E-state index in [4.69, 9.17) is 4.74 Å². The summed E-state index contributed by atoms with van der Waals surface area (Å²) in [6, 6.07) is 5.46. The van der Waals surface area contributed by atoms with Gasteiger partial charge in [-0.2, -0.15) is 0 Å². The fourth-order valence-electron chi connectivity index (χ4n) is 3.81. The number of carbonyl (C=O) groups is 2. The van der Waals surface area contributed by atoms with Crippen molar-refractivity contribution in [2.45, 2.75) is 70.3 Å². The number of benzene rings is 1. The van der Waals surface area contributed by atoms with E-state index in [1.54, 1.807) is 0 Å². The lowest BCUT2D eigenvalue weighted by Gasteiger charge is -2.27. The molecule has 5 heteroatoms. The number of amides is 3. The van der Waals surface area contributed by atoms with Crippen molar-refractivity contribution in [3.63, 3.8) is 0 Å². The largest absolute Gasteiger partial charge is 0.493 e. The van der Waals surface area contributed by atoms with Crippen LogP contribution in [0.2, 0.25) is 0 Å². The van der Waals surface area contributed by atoms with E-state index in [-0.39, 0.29) is 5.91 Å². The highest BCUT2D eigenvalue weighted by atomic mass is 16.5. The number of hydrogen-bond acceptors (Lipinski definition) is 3. The van der Waals surface area contributed by atoms with Crippen LogP contribution in [0.3, 0.4) is 0 Å². The first-order valence-electron chi connectivity index (χ1n) is 9.55. The number of urea groups is 1. The highest BCUT2D eigenvalue weighted by Crippen LogP contribution is 2.35. The number of nitrogens with one attached hydrogen (secondary N) is 2. The maximum Gasteiger partial charge on any atom is 0.322 e. The van der Waals surface area contributed by atoms with E-state index >= 15 is 0 Å². The molecular formula is C20H28N2O3. The normalized spacial score (nSPS) is 21.6. The average Bonchev–Trinajstić information content (AvgIpc) is 3.18. The summed E-state index contributed by atoms with van der Waals surface area (Å²) in [4.78, 5) is 24.4. The summed E-state index contributed by atoms with van der Waals surface area (Å²) < 4.78 is 5.55. The number of hydrogen-bond donors (Lipinski definition) is 2. The zero-order chi connectivity index (χ0) is 17.7. The summed E-state index contributed by atoms with van der Waals surface area (Å²) >= 11 is 0. The Morgan fingerprint density at radius 2 is 1.84 bits per heavy atom. The molecule has 0 radical (unpaired) electrons. The van der Waals surface area contributed by atoms with E-state index in [0.29, 0.717) is 13.0 Å². The van der Waals surface area contributed by atoms with Crippen molar-refractivity contribution in [3.05, 3.63) is 29.3 Å². The summed E-state index contributed by atoms with van der Waals surface area (Å²) in [6.45, 7) is 2.90. The first-order valence-corrected chi connectivity index (χ1v) is 9.55. The predicted molar refractivity (Wildman–Crippen MR) is 96.6 cm³/mol. The number of carbonyl (C=O) groups excluding carboxylic acids is 2. The van der Waals surface area contributed by atoms with Crippen LogP contribution in [0.5, 0.6) is 5.75 Å². The maximum absolute atomic E-state index is 12.6. The molecule has 1 atom stereocenters. The van der Waals surface area contributed by atoms with E-state index < -0.39 is 11.6 Å². The molecule has 1 fully saturated rings. The first-order chi connectivity index (χ1) is 12.2. The summed E-state index contributed by atoms with van der Waals surface area (Å²) in [5.74, 6) is 0.655. The molecule has 1 unspecified atom stereocenters. The van der Waals surface area contributed by atoms with Crippen LogP contribution in [0.25, 0.3) is 0 Å². The molecule has 2 aliphatic heterocycles. The Hall–Kier alpha value is -2.04. The Bertz CT molecular complexity index is 644. The molecule has 0 aromatic heterocycles. The molecule has 0 bridgehead atoms. The van der Waals surface area contributed by atoms with Crippen LogP contribution in [0, 0.1) is 0 Å². The van der Waals surface area contributed by atoms with E-state index in [9.17, 15) is 9.59 Å². The predicted octanol–water partition coefficient (Wildman–Crippen LogP) is 3.80. The van der Waals surface area contributed by atoms with E-state index in [0.717, 1.165) is 36.1 Å². The zero-order valence-corrected chi connectivity index (χ0v) is 15.0. The van der Waals surface area contributed by atoms with Crippen molar-refractivity contribution in [1.29, 1.82) is 0 Å². The van der Waals surface area contributed by atoms with Gasteiger partial charge in [-0.3, -0.25) is 10.1 Å². The van der Waals surface area contributed by atoms with Gasteiger partial charge in [-0.15, -0.1) is 0 Å². The van der Waals surface area contributed by atoms with Gasteiger partial charge in [0.1, 0.15) is 11.3 Å². The highest BCUT2D eigenvalue weighted by Gasteiger charge is 2.47. The first kappa shape index (κ1) is 17.8. The van der Waals surface area contributed by atoms with Crippen molar-refractivity contribution in [2.24, 2.45) is 0 Å². The van der Waals surface area contributed by atoms with Crippen LogP contribution in [0.1, 0.15) is 69.4 Å². The topological polar surface area (TPSA) is 67.4 Å². The Morgan fingerprint density at radius 1 is 1.08 bits per heavy atom. The summed E-state index contributed by atoms with van der Waals surface area (Å²) in [7, 11) is 0. The minimum atomic E-state index is -0.932. The van der Waals surface area contributed by atoms with Gasteiger partial charge in [-0.05, 0) is 29.7 Å². The number of ether oxygens (including phenoxy) is 1. The third-order valence-corrected chi connectivity index (χ3v) is 5.28. The van der Waals surface area contributed by atoms with Gasteiger partial charge in [0.2, 0.25) is 0 Å². The van der Waals surface area contributed by atoms with Crippen LogP contribution < -0.4 is 15.4 Å². The molecule has 25 heavy (non-hydrogen) atoms. The molecule has 3 amide bonds. The third-order valence-electron chi connectivity index (χ3n) is 5.28. The van der Waals surface area contributed by atoms with Crippen LogP contribution in [-0.2, 0) is 16.8 Å². The van der Waals surface area contributed by atoms with Gasteiger partial charge >= 0.3 is 6.03 Å². The lowest BCUT2D eigenvalue weighted by Crippen LogP contribution is -2.43. The molecule has 136 valence electrons. The van der Waals surface area contributed by atoms with Crippen LogP contribution in [-0.4, -0.2) is 18.5 Å². The molecule has 2 heterocycles. The van der Waals surface area contributed by atoms with Crippen molar-refractivity contribution in [1.82, 2.24) is 10.6 Å². The van der Waals surface area contributed by atoms with Crippen LogP contribution in [0.4, 0.5) is 4.79 Å². The number of rotatable bonds is 9. The standard InChI is InChI=1S/C20H28N2O3/c1-2-3-4-5-6-7-8-12-20(18(23)21-19(24)22-20)16-9-10-17-15(14-16)11-13-25-17/h9-10,14H,2-8,11-13H2,1H3,(H2,21,22,23,24). The second kappa shape index (κ2) is 7.89. The number of imide groups is 1. The molecule has 1 saturated heterocycles. The molecular weight excluding hydrogens is 316 g/mol. The van der Waals surface area contributed by atoms with Crippen LogP contribution in [0.15, 0.2) is 18.2 Å². The quantitative estimate of drug-likeness (QED) is 0.529. The van der Waals surface area contributed by atoms with Gasteiger partial charge in [0.25, 0.3) is 5.91 Å². The molecule has 2 N–H and O–H groups in total. The van der Waals surface area contributed by atoms with Crippen molar-refractivity contribution in [2.75, 3.05) is 6.61 Å². The van der Waals surface area contributed by atoms with Gasteiger partial charge in [0.15, 0.2) is 0 Å². The Labute approximate surface area is 149 Å². The fourth-order valence-corrected chi connectivity index (χ4v) is 3.81. The number of fused-ring (bicyclic) bond motifs is 1. The Balaban J connectivity index is 1.67. The second-order valence-electron chi connectivity index (χ2n) is 7.11. The lowest BCUT2D eigenvalue weighted by molar-refractivity contribution is -0.124. The van der Waals surface area contributed by atoms with E-state index in [2.05, 4.69) is 17.6 Å². The van der Waals surface area contributed by atoms with Gasteiger partial charge in [-0.25, -0.2) is 4.79 Å². The smallest absolute Gasteiger partial charge is 0.322 e. The minimum Gasteiger partial charge on any atom is -0.493 e. The van der Waals surface area contributed by atoms with Crippen LogP contribution >= 0.6 is 0 Å². The molecule has 1 aromatic rings. The van der Waals surface area contributed by atoms with E-state index in [1.165, 1.54) is 32.1 Å². The van der Waals surface area contributed by atoms with E-state index in [1.807, 2.05) is 18.2 Å². The summed E-state index contributed by atoms with van der Waals surface area (Å²) in [5.41, 5.74) is 1.05. The summed E-state index contributed by atoms with van der Waals surface area (Å²) in [6.07, 6.45) is 9.75. The third kappa shape index (κ3) is 3.80. The maximum atomic E-state index is 12.6. The lowest BCUT2D eigenvalue weighted by atomic mass is 9.83. The highest BCUT2D eigenvalue weighted by molar-refractivity contribution is 6.07. The minimum absolute atomic E-state index is 0.234. The Kier molecular flexibility index (Phi) is 5.61. The molecule has 0 spiro atoms. The van der Waals surface area contributed by atoms with Gasteiger partial charge in [-0.1, -0.05) is 57.9 Å². The van der Waals surface area contributed by atoms with Crippen molar-refractivity contribution >= 4 is 11.9 Å². The molecule has 0 aliphatic carbocycles. The average molecular weight is 344 g/mol.